The van der Waals surface area contributed by atoms with Gasteiger partial charge in [0, 0.05) is 6.07 Å². The predicted molar refractivity (Wildman–Crippen MR) is 65.3 cm³/mol. The zero-order valence-electron chi connectivity index (χ0n) is 9.52. The van der Waals surface area contributed by atoms with Crippen molar-refractivity contribution >= 4 is 15.9 Å². The summed E-state index contributed by atoms with van der Waals surface area (Å²) in [6.45, 7) is 0. The molecule has 1 aromatic rings. The first-order valence-electron chi connectivity index (χ1n) is 4.51. The molecule has 0 bridgehead atoms. The van der Waals surface area contributed by atoms with Crippen LogP contribution in [0, 0.1) is 21.6 Å². The van der Waals surface area contributed by atoms with E-state index in [4.69, 9.17) is 0 Å². The van der Waals surface area contributed by atoms with Crippen LogP contribution in [-0.2, 0) is 0 Å². The van der Waals surface area contributed by atoms with Gasteiger partial charge in [-0.3, -0.25) is 10.1 Å². The monoisotopic (exact) mass is 233 g/mol. The molecular weight excluding hydrogens is 220 g/mol. The molecule has 0 aliphatic carbocycles. The Labute approximate surface area is 98.8 Å². The summed E-state index contributed by atoms with van der Waals surface area (Å²) in [6.07, 6.45) is 0. The van der Waals surface area contributed by atoms with E-state index in [0.29, 0.717) is 5.56 Å². The third-order valence-corrected chi connectivity index (χ3v) is 1.42. The topological polar surface area (TPSA) is 46.4 Å². The number of nitrogens with zero attached hydrogens (tertiary/aromatic N) is 2. The fourth-order valence-corrected chi connectivity index (χ4v) is 0.941. The third-order valence-electron chi connectivity index (χ3n) is 1.30. The normalized spacial score (nSPS) is 8.56. The van der Waals surface area contributed by atoms with Crippen molar-refractivity contribution in [2.45, 2.75) is 0 Å². The number of para-hydroxylation sites is 1. The summed E-state index contributed by atoms with van der Waals surface area (Å²) in [4.78, 5) is 12.0. The molecule has 0 saturated heterocycles. The molecule has 0 amide bonds. The number of hydrogen-bond donors (Lipinski definition) is 0. The largest absolute Gasteiger partial charge is 0.312 e. The Morgan fingerprint density at radius 3 is 2.25 bits per heavy atom. The Bertz CT molecular complexity index is 405. The highest BCUT2D eigenvalue weighted by Crippen LogP contribution is 2.15. The third kappa shape index (κ3) is 5.96. The zero-order chi connectivity index (χ0) is 12.6. The van der Waals surface area contributed by atoms with Gasteiger partial charge in [-0.1, -0.05) is 18.1 Å². The second-order valence-corrected chi connectivity index (χ2v) is 3.62. The Hall–Kier alpha value is -1.64. The Kier molecular flexibility index (Phi) is 6.84. The summed E-state index contributed by atoms with van der Waals surface area (Å²) in [5.41, 5.74) is 2.88. The number of nitro groups is 1. The second-order valence-electron chi connectivity index (χ2n) is 3.37. The van der Waals surface area contributed by atoms with Gasteiger partial charge in [0.25, 0.3) is 5.69 Å². The van der Waals surface area contributed by atoms with Crippen molar-refractivity contribution in [2.75, 3.05) is 21.1 Å². The van der Waals surface area contributed by atoms with Gasteiger partial charge in [0.15, 0.2) is 0 Å². The average Bonchev–Trinajstić information content (AvgIpc) is 2.18. The fourth-order valence-electron chi connectivity index (χ4n) is 0.806. The molecule has 16 heavy (non-hydrogen) atoms. The van der Waals surface area contributed by atoms with Crippen molar-refractivity contribution < 1.29 is 4.92 Å². The van der Waals surface area contributed by atoms with Crippen LogP contribution in [0.25, 0.3) is 0 Å². The van der Waals surface area contributed by atoms with Crippen LogP contribution in [0.3, 0.4) is 0 Å². The zero-order valence-corrected chi connectivity index (χ0v) is 10.5. The van der Waals surface area contributed by atoms with Crippen LogP contribution in [0.5, 0.6) is 0 Å². The van der Waals surface area contributed by atoms with Crippen LogP contribution in [0.4, 0.5) is 5.69 Å². The van der Waals surface area contributed by atoms with Crippen molar-refractivity contribution in [3.8, 4) is 11.5 Å². The molecule has 1 aromatic carbocycles. The lowest BCUT2D eigenvalue weighted by molar-refractivity contribution is -0.385. The van der Waals surface area contributed by atoms with E-state index < -0.39 is 4.92 Å². The van der Waals surface area contributed by atoms with Gasteiger partial charge in [-0.05, 0) is 27.2 Å². The summed E-state index contributed by atoms with van der Waals surface area (Å²) in [5.74, 6) is 2.58. The van der Waals surface area contributed by atoms with E-state index in [1.807, 2.05) is 26.0 Å². The van der Waals surface area contributed by atoms with E-state index in [1.54, 1.807) is 18.2 Å². The van der Waals surface area contributed by atoms with Gasteiger partial charge in [0.1, 0.15) is 15.8 Å². The van der Waals surface area contributed by atoms with Gasteiger partial charge in [-0.2, -0.15) is 0 Å². The molecule has 4 nitrogen and oxygen atoms in total. The average molecular weight is 233 g/mol. The molecule has 0 N–H and O–H groups in total. The first-order chi connectivity index (χ1) is 7.49. The lowest BCUT2D eigenvalue weighted by Gasteiger charge is -1.92. The highest BCUT2D eigenvalue weighted by molar-refractivity contribution is 6.22. The van der Waals surface area contributed by atoms with Crippen LogP contribution in [0.15, 0.2) is 24.3 Å². The molecule has 0 fully saturated rings. The van der Waals surface area contributed by atoms with E-state index in [1.165, 1.54) is 6.07 Å². The number of rotatable bonds is 1. The van der Waals surface area contributed by atoms with E-state index in [2.05, 4.69) is 21.7 Å². The summed E-state index contributed by atoms with van der Waals surface area (Å²) < 4.78 is 0. The maximum Gasteiger partial charge on any atom is 0.284 e. The molecule has 0 saturated carbocycles. The van der Waals surface area contributed by atoms with Crippen molar-refractivity contribution in [3.05, 3.63) is 39.9 Å². The maximum atomic E-state index is 10.4. The molecule has 0 aromatic heterocycles. The maximum absolute atomic E-state index is 10.4. The van der Waals surface area contributed by atoms with Gasteiger partial charge < -0.3 is 4.90 Å². The van der Waals surface area contributed by atoms with E-state index in [9.17, 15) is 10.1 Å². The lowest BCUT2D eigenvalue weighted by Crippen LogP contribution is -1.99. The molecule has 83 valence electrons. The summed E-state index contributed by atoms with van der Waals surface area (Å²) in [6, 6.07) is 6.34. The second kappa shape index (κ2) is 7.62. The van der Waals surface area contributed by atoms with E-state index in [0.717, 1.165) is 0 Å². The fraction of sp³-hybridized carbons (Fsp3) is 0.273. The highest BCUT2D eigenvalue weighted by Gasteiger charge is 2.08. The first-order valence-corrected chi connectivity index (χ1v) is 5.01. The minimum Gasteiger partial charge on any atom is -0.312 e. The van der Waals surface area contributed by atoms with Gasteiger partial charge in [0.05, 0.1) is 4.92 Å². The highest BCUT2D eigenvalue weighted by atomic mass is 28.1. The van der Waals surface area contributed by atoms with E-state index in [-0.39, 0.29) is 5.69 Å². The molecule has 0 spiro atoms. The molecule has 1 rings (SSSR count). The molecule has 0 aliphatic heterocycles. The van der Waals surface area contributed by atoms with Crippen LogP contribution in [0.1, 0.15) is 5.56 Å². The van der Waals surface area contributed by atoms with Gasteiger partial charge in [0.2, 0.25) is 0 Å². The SMILES string of the molecule is CN(C)C.O=[N+]([O-])c1ccccc1C#C[Si]. The Morgan fingerprint density at radius 2 is 1.81 bits per heavy atom. The van der Waals surface area contributed by atoms with Gasteiger partial charge in [-0.15, -0.1) is 5.54 Å². The molecular formula is C11H13N2O2Si. The number of nitro benzene ring substituents is 1. The first kappa shape index (κ1) is 14.4. The standard InChI is InChI=1S/C8H4NO2Si.C3H9N/c10-9(11)8-4-2-1-3-7(8)5-6-12;1-4(2)3/h1-4H;1-3H3. The van der Waals surface area contributed by atoms with Gasteiger partial charge in [-0.25, -0.2) is 0 Å². The minimum atomic E-state index is -0.452. The smallest absolute Gasteiger partial charge is 0.284 e. The minimum absolute atomic E-state index is 0.0308. The number of benzene rings is 1. The molecule has 5 heteroatoms. The molecule has 0 heterocycles. The van der Waals surface area contributed by atoms with Gasteiger partial charge >= 0.3 is 0 Å². The van der Waals surface area contributed by atoms with Crippen LogP contribution >= 0.6 is 0 Å². The van der Waals surface area contributed by atoms with Crippen molar-refractivity contribution in [1.29, 1.82) is 0 Å². The summed E-state index contributed by atoms with van der Waals surface area (Å²) in [5, 5.41) is 10.4. The predicted octanol–water partition coefficient (Wildman–Crippen LogP) is 1.25. The number of hydrogen-bond acceptors (Lipinski definition) is 3. The lowest BCUT2D eigenvalue weighted by atomic mass is 10.2. The quantitative estimate of drug-likeness (QED) is 0.317. The van der Waals surface area contributed by atoms with Crippen molar-refractivity contribution in [3.63, 3.8) is 0 Å². The van der Waals surface area contributed by atoms with Crippen molar-refractivity contribution in [1.82, 2.24) is 4.90 Å². The molecule has 0 aliphatic rings. The molecule has 0 unspecified atom stereocenters. The van der Waals surface area contributed by atoms with Crippen LogP contribution in [-0.4, -0.2) is 41.2 Å². The molecule has 3 radical (unpaired) electrons. The Balaban J connectivity index is 0.000000487. The van der Waals surface area contributed by atoms with Crippen molar-refractivity contribution in [2.24, 2.45) is 0 Å². The summed E-state index contributed by atoms with van der Waals surface area (Å²) >= 11 is 0. The van der Waals surface area contributed by atoms with Crippen LogP contribution in [0.2, 0.25) is 0 Å². The summed E-state index contributed by atoms with van der Waals surface area (Å²) in [7, 11) is 8.93. The Morgan fingerprint density at radius 1 is 1.31 bits per heavy atom. The van der Waals surface area contributed by atoms with E-state index >= 15 is 0 Å². The van der Waals surface area contributed by atoms with Crippen LogP contribution < -0.4 is 0 Å². The molecule has 0 atom stereocenters.